The van der Waals surface area contributed by atoms with E-state index in [0.29, 0.717) is 61.2 Å². The molecular formula is C34H42N2O7. The van der Waals surface area contributed by atoms with Crippen LogP contribution in [0, 0.1) is 0 Å². The topological polar surface area (TPSA) is 98.7 Å². The lowest BCUT2D eigenvalue weighted by molar-refractivity contribution is -0.116. The van der Waals surface area contributed by atoms with Gasteiger partial charge in [0.15, 0.2) is 17.8 Å². The van der Waals surface area contributed by atoms with E-state index in [1.165, 1.54) is 5.56 Å². The lowest BCUT2D eigenvalue weighted by atomic mass is 10.0. The maximum Gasteiger partial charge on any atom is 0.224 e. The Labute approximate surface area is 253 Å². The van der Waals surface area contributed by atoms with Crippen molar-refractivity contribution in [3.63, 3.8) is 0 Å². The first-order chi connectivity index (χ1) is 21.0. The fourth-order valence-electron chi connectivity index (χ4n) is 5.55. The number of fused-ring (bicyclic) bond motifs is 1. The molecule has 2 heterocycles. The summed E-state index contributed by atoms with van der Waals surface area (Å²) in [6.07, 6.45) is 3.54. The predicted molar refractivity (Wildman–Crippen MR) is 164 cm³/mol. The van der Waals surface area contributed by atoms with Gasteiger partial charge in [-0.25, -0.2) is 0 Å². The summed E-state index contributed by atoms with van der Waals surface area (Å²) in [5.74, 6) is 2.58. The first kappa shape index (κ1) is 30.7. The van der Waals surface area contributed by atoms with E-state index >= 15 is 0 Å². The Morgan fingerprint density at radius 2 is 1.74 bits per heavy atom. The van der Waals surface area contributed by atoms with Gasteiger partial charge in [-0.15, -0.1) is 0 Å². The van der Waals surface area contributed by atoms with E-state index in [9.17, 15) is 9.90 Å². The van der Waals surface area contributed by atoms with Crippen molar-refractivity contribution in [3.05, 3.63) is 77.4 Å². The highest BCUT2D eigenvalue weighted by Gasteiger charge is 2.26. The average Bonchev–Trinajstić information content (AvgIpc) is 3.04. The van der Waals surface area contributed by atoms with E-state index in [1.54, 1.807) is 14.2 Å². The third kappa shape index (κ3) is 8.40. The molecule has 1 saturated heterocycles. The molecule has 0 saturated carbocycles. The summed E-state index contributed by atoms with van der Waals surface area (Å²) in [4.78, 5) is 14.5. The van der Waals surface area contributed by atoms with E-state index in [0.717, 1.165) is 43.4 Å². The lowest BCUT2D eigenvalue weighted by Gasteiger charge is -2.28. The number of carbonyl (C=O) groups excluding carboxylic acids is 1. The zero-order valence-electron chi connectivity index (χ0n) is 25.1. The van der Waals surface area contributed by atoms with Gasteiger partial charge in [0.25, 0.3) is 0 Å². The first-order valence-electron chi connectivity index (χ1n) is 15.0. The van der Waals surface area contributed by atoms with Crippen LogP contribution < -0.4 is 24.3 Å². The van der Waals surface area contributed by atoms with Gasteiger partial charge in [-0.2, -0.15) is 0 Å². The highest BCUT2D eigenvalue weighted by molar-refractivity contribution is 5.96. The Morgan fingerprint density at radius 1 is 0.953 bits per heavy atom. The molecule has 2 aliphatic rings. The molecule has 230 valence electrons. The minimum atomic E-state index is -0.727. The van der Waals surface area contributed by atoms with Crippen LogP contribution in [0.15, 0.2) is 60.7 Å². The summed E-state index contributed by atoms with van der Waals surface area (Å²) in [6, 6.07) is 19.9. The van der Waals surface area contributed by atoms with Crippen LogP contribution in [0.1, 0.15) is 42.4 Å². The molecule has 3 aromatic rings. The number of methoxy groups -OCH3 is 2. The van der Waals surface area contributed by atoms with E-state index in [-0.39, 0.29) is 18.8 Å². The number of aliphatic hydroxyl groups excluding tert-OH is 1. The zero-order chi connectivity index (χ0) is 30.0. The third-order valence-electron chi connectivity index (χ3n) is 7.81. The number of hydrogen-bond acceptors (Lipinski definition) is 8. The number of anilines is 1. The Bertz CT molecular complexity index is 1340. The van der Waals surface area contributed by atoms with Gasteiger partial charge in [-0.3, -0.25) is 9.69 Å². The quantitative estimate of drug-likeness (QED) is 0.271. The Morgan fingerprint density at radius 3 is 2.51 bits per heavy atom. The number of hydrogen-bond donors (Lipinski definition) is 2. The molecule has 0 radical (unpaired) electrons. The maximum absolute atomic E-state index is 12.3. The van der Waals surface area contributed by atoms with Crippen molar-refractivity contribution in [1.82, 2.24) is 4.90 Å². The monoisotopic (exact) mass is 590 g/mol. The van der Waals surface area contributed by atoms with Gasteiger partial charge >= 0.3 is 0 Å². The van der Waals surface area contributed by atoms with E-state index in [4.69, 9.17) is 23.7 Å². The number of rotatable bonds is 14. The van der Waals surface area contributed by atoms with E-state index in [2.05, 4.69) is 22.3 Å². The fourth-order valence-corrected chi connectivity index (χ4v) is 5.55. The number of nitrogens with zero attached hydrogens (tertiary/aromatic N) is 1. The van der Waals surface area contributed by atoms with Crippen molar-refractivity contribution in [2.75, 3.05) is 45.8 Å². The van der Waals surface area contributed by atoms with Crippen molar-refractivity contribution >= 4 is 11.6 Å². The van der Waals surface area contributed by atoms with Gasteiger partial charge in [-0.1, -0.05) is 36.4 Å². The molecule has 0 bridgehead atoms. The summed E-state index contributed by atoms with van der Waals surface area (Å²) in [7, 11) is 3.26. The standard InChI is InChI=1S/C34H42N2O7/c1-39-29-13-11-24(20-31(29)40-2)17-18-36(21-25-8-4-3-5-9-25)22-26(37)23-42-28-14-15-30(43-33-10-6-7-19-41-33)34-27(28)12-16-32(38)35-34/h3-5,8-9,11,13-15,20,26,33,37H,6-7,10,12,16-19,21-23H2,1-2H3,(H,35,38). The Hall–Kier alpha value is -3.79. The number of nitrogens with one attached hydrogen (secondary N) is 1. The number of amides is 1. The molecule has 2 unspecified atom stereocenters. The normalized spacial score (nSPS) is 17.1. The highest BCUT2D eigenvalue weighted by atomic mass is 16.7. The van der Waals surface area contributed by atoms with Crippen LogP contribution in [0.2, 0.25) is 0 Å². The molecule has 0 aliphatic carbocycles. The van der Waals surface area contributed by atoms with Gasteiger partial charge in [0, 0.05) is 38.0 Å². The fraction of sp³-hybridized carbons (Fsp3) is 0.441. The second-order valence-corrected chi connectivity index (χ2v) is 11.0. The average molecular weight is 591 g/mol. The van der Waals surface area contributed by atoms with Gasteiger partial charge in [0.2, 0.25) is 5.91 Å². The summed E-state index contributed by atoms with van der Waals surface area (Å²) in [6.45, 7) is 2.66. The van der Waals surface area contributed by atoms with Crippen LogP contribution in [-0.4, -0.2) is 68.8 Å². The maximum atomic E-state index is 12.3. The number of benzene rings is 3. The highest BCUT2D eigenvalue weighted by Crippen LogP contribution is 2.40. The van der Waals surface area contributed by atoms with E-state index < -0.39 is 6.10 Å². The molecule has 2 atom stereocenters. The Kier molecular flexibility index (Phi) is 10.8. The molecule has 0 spiro atoms. The molecule has 2 aliphatic heterocycles. The van der Waals surface area contributed by atoms with Gasteiger partial charge in [0.05, 0.1) is 26.5 Å². The van der Waals surface area contributed by atoms with E-state index in [1.807, 2.05) is 48.5 Å². The van der Waals surface area contributed by atoms with Crippen molar-refractivity contribution < 1.29 is 33.6 Å². The van der Waals surface area contributed by atoms with Gasteiger partial charge < -0.3 is 34.1 Å². The van der Waals surface area contributed by atoms with Crippen LogP contribution in [0.4, 0.5) is 5.69 Å². The van der Waals surface area contributed by atoms with Crippen LogP contribution >= 0.6 is 0 Å². The Balaban J connectivity index is 1.24. The van der Waals surface area contributed by atoms with Crippen LogP contribution in [0.3, 0.4) is 0 Å². The number of ether oxygens (including phenoxy) is 5. The lowest BCUT2D eigenvalue weighted by Crippen LogP contribution is -2.36. The second-order valence-electron chi connectivity index (χ2n) is 11.0. The molecule has 9 heteroatoms. The summed E-state index contributed by atoms with van der Waals surface area (Å²) in [5, 5.41) is 14.1. The minimum absolute atomic E-state index is 0.0508. The zero-order valence-corrected chi connectivity index (χ0v) is 25.1. The molecule has 1 amide bonds. The number of carbonyl (C=O) groups is 1. The minimum Gasteiger partial charge on any atom is -0.493 e. The van der Waals surface area contributed by atoms with Crippen LogP contribution in [-0.2, 0) is 28.9 Å². The summed E-state index contributed by atoms with van der Waals surface area (Å²) < 4.78 is 28.9. The van der Waals surface area contributed by atoms with Crippen molar-refractivity contribution in [2.45, 2.75) is 57.5 Å². The largest absolute Gasteiger partial charge is 0.493 e. The molecule has 5 rings (SSSR count). The number of aliphatic hydroxyl groups is 1. The molecule has 43 heavy (non-hydrogen) atoms. The first-order valence-corrected chi connectivity index (χ1v) is 15.0. The molecule has 2 N–H and O–H groups in total. The van der Waals surface area contributed by atoms with Crippen molar-refractivity contribution in [2.24, 2.45) is 0 Å². The second kappa shape index (κ2) is 15.1. The van der Waals surface area contributed by atoms with Gasteiger partial charge in [0.1, 0.15) is 24.2 Å². The molecule has 0 aromatic heterocycles. The van der Waals surface area contributed by atoms with Crippen LogP contribution in [0.5, 0.6) is 23.0 Å². The molecular weight excluding hydrogens is 548 g/mol. The molecule has 9 nitrogen and oxygen atoms in total. The van der Waals surface area contributed by atoms with Crippen molar-refractivity contribution in [1.29, 1.82) is 0 Å². The third-order valence-corrected chi connectivity index (χ3v) is 7.81. The molecule has 3 aromatic carbocycles. The van der Waals surface area contributed by atoms with Crippen LogP contribution in [0.25, 0.3) is 0 Å². The molecule has 1 fully saturated rings. The smallest absolute Gasteiger partial charge is 0.224 e. The SMILES string of the molecule is COc1ccc(CCN(Cc2ccccc2)CC(O)COc2ccc(OC3CCCCO3)c3c2CCC(=O)N3)cc1OC. The van der Waals surface area contributed by atoms with Gasteiger partial charge in [-0.05, 0) is 61.1 Å². The summed E-state index contributed by atoms with van der Waals surface area (Å²) >= 11 is 0. The predicted octanol–water partition coefficient (Wildman–Crippen LogP) is 4.98. The summed E-state index contributed by atoms with van der Waals surface area (Å²) in [5.41, 5.74) is 3.81. The van der Waals surface area contributed by atoms with Crippen molar-refractivity contribution in [3.8, 4) is 23.0 Å².